The number of hydrogen-bond donors (Lipinski definition) is 7. The van der Waals surface area contributed by atoms with E-state index in [0.717, 1.165) is 0 Å². The van der Waals surface area contributed by atoms with Gasteiger partial charge in [-0.15, -0.1) is 5.06 Å². The second kappa shape index (κ2) is 17.0. The summed E-state index contributed by atoms with van der Waals surface area (Å²) in [5.41, 5.74) is 0. The summed E-state index contributed by atoms with van der Waals surface area (Å²) in [5, 5.41) is 70.0. The first-order valence-electron chi connectivity index (χ1n) is 14.5. The minimum absolute atomic E-state index is 0.00363. The molecular formula is C26H44N2O15. The molecule has 0 aromatic heterocycles. The van der Waals surface area contributed by atoms with Crippen LogP contribution in [0.3, 0.4) is 0 Å². The largest absolute Gasteiger partial charge is 0.394 e. The summed E-state index contributed by atoms with van der Waals surface area (Å²) in [6, 6.07) is 0. The number of amides is 2. The molecule has 0 saturated carbocycles. The molecule has 0 aliphatic carbocycles. The average molecular weight is 625 g/mol. The van der Waals surface area contributed by atoms with Crippen LogP contribution in [0.1, 0.15) is 45.4 Å². The van der Waals surface area contributed by atoms with Crippen LogP contribution in [0.25, 0.3) is 0 Å². The van der Waals surface area contributed by atoms with Gasteiger partial charge in [0.15, 0.2) is 12.6 Å². The normalized spacial score (nSPS) is 35.1. The summed E-state index contributed by atoms with van der Waals surface area (Å²) in [5.74, 6) is -1.78. The van der Waals surface area contributed by atoms with E-state index in [0.29, 0.717) is 37.4 Å². The van der Waals surface area contributed by atoms with Crippen molar-refractivity contribution in [2.24, 2.45) is 0 Å². The maximum atomic E-state index is 12.0. The van der Waals surface area contributed by atoms with Gasteiger partial charge in [-0.25, -0.2) is 4.79 Å². The van der Waals surface area contributed by atoms with Crippen LogP contribution in [0.15, 0.2) is 0 Å². The molecule has 248 valence electrons. The van der Waals surface area contributed by atoms with Crippen LogP contribution in [0.4, 0.5) is 0 Å². The van der Waals surface area contributed by atoms with Gasteiger partial charge in [0.25, 0.3) is 11.8 Å². The molecule has 17 heteroatoms. The van der Waals surface area contributed by atoms with Gasteiger partial charge in [-0.2, -0.15) is 0 Å². The number of rotatable bonds is 16. The number of unbranched alkanes of at least 4 members (excludes halogenated alkanes) is 2. The molecule has 0 bridgehead atoms. The van der Waals surface area contributed by atoms with Crippen LogP contribution in [-0.2, 0) is 38.2 Å². The standard InChI is InChI=1S/C26H44N2O15/c1-14-19(33)21(35)23(37)25(41-14)39-11-9-27(10-12-40-26-24(38)22(36)20(34)15(13-29)42-26)8-4-2-3-5-18(32)43-28-16(30)6-7-17(28)31/h14-15,19-26,29,33-38H,2-13H2,1H3/t14-,15+,19+,20+,21+,22-,23-,24-,25+,26-/m0/s1. The van der Waals surface area contributed by atoms with Crippen molar-refractivity contribution in [2.75, 3.05) is 39.5 Å². The Morgan fingerprint density at radius 1 is 0.791 bits per heavy atom. The van der Waals surface area contributed by atoms with E-state index in [1.54, 1.807) is 0 Å². The molecule has 3 saturated heterocycles. The molecule has 17 nitrogen and oxygen atoms in total. The molecule has 0 aromatic carbocycles. The highest BCUT2D eigenvalue weighted by Crippen LogP contribution is 2.23. The Labute approximate surface area is 248 Å². The van der Waals surface area contributed by atoms with E-state index in [2.05, 4.69) is 0 Å². The van der Waals surface area contributed by atoms with E-state index in [4.69, 9.17) is 23.8 Å². The fourth-order valence-electron chi connectivity index (χ4n) is 4.87. The van der Waals surface area contributed by atoms with Crippen LogP contribution in [0.2, 0.25) is 0 Å². The molecule has 3 rings (SSSR count). The zero-order valence-electron chi connectivity index (χ0n) is 24.0. The summed E-state index contributed by atoms with van der Waals surface area (Å²) in [7, 11) is 0. The van der Waals surface area contributed by atoms with Gasteiger partial charge in [0.1, 0.15) is 42.7 Å². The first-order chi connectivity index (χ1) is 20.4. The maximum Gasteiger partial charge on any atom is 0.333 e. The maximum absolute atomic E-state index is 12.0. The second-order valence-corrected chi connectivity index (χ2v) is 10.8. The molecule has 10 atom stereocenters. The van der Waals surface area contributed by atoms with E-state index in [9.17, 15) is 50.1 Å². The number of hydroxylamine groups is 2. The quantitative estimate of drug-likeness (QED) is 0.0641. The third-order valence-corrected chi connectivity index (χ3v) is 7.59. The summed E-state index contributed by atoms with van der Waals surface area (Å²) in [4.78, 5) is 42.0. The van der Waals surface area contributed by atoms with E-state index < -0.39 is 85.8 Å². The van der Waals surface area contributed by atoms with Crippen molar-refractivity contribution in [3.8, 4) is 0 Å². The monoisotopic (exact) mass is 624 g/mol. The smallest absolute Gasteiger partial charge is 0.333 e. The van der Waals surface area contributed by atoms with Crippen LogP contribution in [0, 0.1) is 0 Å². The molecule has 3 heterocycles. The molecule has 3 aliphatic heterocycles. The van der Waals surface area contributed by atoms with Crippen molar-refractivity contribution in [1.29, 1.82) is 0 Å². The number of carbonyl (C=O) groups excluding carboxylic acids is 3. The highest BCUT2D eigenvalue weighted by atomic mass is 16.7. The molecule has 0 radical (unpaired) electrons. The van der Waals surface area contributed by atoms with Gasteiger partial charge in [-0.05, 0) is 26.3 Å². The van der Waals surface area contributed by atoms with Gasteiger partial charge < -0.3 is 59.5 Å². The Balaban J connectivity index is 1.45. The lowest BCUT2D eigenvalue weighted by molar-refractivity contribution is -0.301. The predicted octanol–water partition coefficient (Wildman–Crippen LogP) is -3.88. The molecule has 0 spiro atoms. The van der Waals surface area contributed by atoms with E-state index in [1.165, 1.54) is 6.92 Å². The Morgan fingerprint density at radius 3 is 1.93 bits per heavy atom. The Bertz CT molecular complexity index is 894. The number of aliphatic hydroxyl groups excluding tert-OH is 7. The van der Waals surface area contributed by atoms with Gasteiger partial charge in [-0.3, -0.25) is 14.5 Å². The molecule has 2 amide bonds. The number of nitrogens with zero attached hydrogens (tertiary/aromatic N) is 2. The van der Waals surface area contributed by atoms with Crippen LogP contribution in [-0.4, -0.2) is 164 Å². The number of imide groups is 1. The zero-order chi connectivity index (χ0) is 31.7. The van der Waals surface area contributed by atoms with Crippen LogP contribution < -0.4 is 0 Å². The highest BCUT2D eigenvalue weighted by molar-refractivity contribution is 6.01. The fraction of sp³-hybridized carbons (Fsp3) is 0.885. The van der Waals surface area contributed by atoms with Gasteiger partial charge in [0.05, 0.1) is 25.9 Å². The van der Waals surface area contributed by atoms with Crippen molar-refractivity contribution in [1.82, 2.24) is 9.96 Å². The minimum atomic E-state index is -1.58. The molecule has 0 aromatic rings. The number of carbonyl (C=O) groups is 3. The lowest BCUT2D eigenvalue weighted by Gasteiger charge is -2.40. The molecular weight excluding hydrogens is 580 g/mol. The molecule has 0 unspecified atom stereocenters. The first kappa shape index (κ1) is 35.6. The molecule has 3 fully saturated rings. The molecule has 43 heavy (non-hydrogen) atoms. The third-order valence-electron chi connectivity index (χ3n) is 7.59. The number of aliphatic hydroxyl groups is 7. The lowest BCUT2D eigenvalue weighted by Crippen LogP contribution is -2.59. The Kier molecular flexibility index (Phi) is 14.1. The van der Waals surface area contributed by atoms with Gasteiger partial charge >= 0.3 is 5.97 Å². The topological polar surface area (TPSA) is 245 Å². The minimum Gasteiger partial charge on any atom is -0.394 e. The predicted molar refractivity (Wildman–Crippen MR) is 140 cm³/mol. The summed E-state index contributed by atoms with van der Waals surface area (Å²) in [6.07, 6.45) is -11.5. The SMILES string of the molecule is C[C@@H]1O[C@@H](OCCN(CCCCCC(=O)ON2C(=O)CCC2=O)CCO[C@H]2O[C@H](CO)[C@@H](O)[C@H](O)[C@@H]2O)[C@@H](O)[C@H](O)[C@@H]1O. The Morgan fingerprint density at radius 2 is 1.35 bits per heavy atom. The van der Waals surface area contributed by atoms with Gasteiger partial charge in [0, 0.05) is 32.4 Å². The summed E-state index contributed by atoms with van der Waals surface area (Å²) < 4.78 is 22.0. The van der Waals surface area contributed by atoms with Crippen LogP contribution >= 0.6 is 0 Å². The fourth-order valence-corrected chi connectivity index (χ4v) is 4.87. The first-order valence-corrected chi connectivity index (χ1v) is 14.5. The van der Waals surface area contributed by atoms with Crippen molar-refractivity contribution in [2.45, 2.75) is 107 Å². The average Bonchev–Trinajstić information content (AvgIpc) is 3.30. The molecule has 7 N–H and O–H groups in total. The zero-order valence-corrected chi connectivity index (χ0v) is 24.0. The van der Waals surface area contributed by atoms with E-state index in [1.807, 2.05) is 4.90 Å². The van der Waals surface area contributed by atoms with Crippen molar-refractivity contribution in [3.63, 3.8) is 0 Å². The van der Waals surface area contributed by atoms with Crippen molar-refractivity contribution < 1.29 is 73.9 Å². The summed E-state index contributed by atoms with van der Waals surface area (Å²) in [6.45, 7) is 2.09. The third kappa shape index (κ3) is 9.81. The second-order valence-electron chi connectivity index (χ2n) is 10.8. The Hall–Kier alpha value is -1.87. The lowest BCUT2D eigenvalue weighted by atomic mass is 9.99. The molecule has 3 aliphatic rings. The van der Waals surface area contributed by atoms with Gasteiger partial charge in [0.2, 0.25) is 0 Å². The van der Waals surface area contributed by atoms with Crippen molar-refractivity contribution in [3.05, 3.63) is 0 Å². The van der Waals surface area contributed by atoms with Crippen molar-refractivity contribution >= 4 is 17.8 Å². The number of hydrogen-bond acceptors (Lipinski definition) is 16. The number of ether oxygens (including phenoxy) is 4. The highest BCUT2D eigenvalue weighted by Gasteiger charge is 2.44. The van der Waals surface area contributed by atoms with Gasteiger partial charge in [-0.1, -0.05) is 6.42 Å². The summed E-state index contributed by atoms with van der Waals surface area (Å²) >= 11 is 0. The van der Waals surface area contributed by atoms with Crippen LogP contribution in [0.5, 0.6) is 0 Å². The van der Waals surface area contributed by atoms with E-state index in [-0.39, 0.29) is 39.0 Å². The van der Waals surface area contributed by atoms with E-state index >= 15 is 0 Å².